The van der Waals surface area contributed by atoms with Crippen molar-refractivity contribution < 1.29 is 30.3 Å². The van der Waals surface area contributed by atoms with Crippen molar-refractivity contribution in [2.75, 3.05) is 19.7 Å². The first-order chi connectivity index (χ1) is 9.43. The standard InChI is InChI=1S/C13H27NO6/c1-2-9(16)5-3-4-6-14-7-10(17)12(19)13(20)11(18)8-15/h10-15,17-20H,2-8H2,1H3. The molecule has 0 saturated carbocycles. The molecule has 0 aliphatic carbocycles. The lowest BCUT2D eigenvalue weighted by Crippen LogP contribution is -2.49. The fourth-order valence-corrected chi connectivity index (χ4v) is 1.68. The Hall–Kier alpha value is -0.570. The Bertz CT molecular complexity index is 263. The summed E-state index contributed by atoms with van der Waals surface area (Å²) in [5.41, 5.74) is 0. The van der Waals surface area contributed by atoms with Gasteiger partial charge in [0.25, 0.3) is 0 Å². The summed E-state index contributed by atoms with van der Waals surface area (Å²) in [5, 5.41) is 49.2. The molecule has 20 heavy (non-hydrogen) atoms. The first-order valence-corrected chi connectivity index (χ1v) is 6.99. The Morgan fingerprint density at radius 1 is 1.05 bits per heavy atom. The van der Waals surface area contributed by atoms with Gasteiger partial charge in [-0.25, -0.2) is 0 Å². The van der Waals surface area contributed by atoms with Gasteiger partial charge in [-0.3, -0.25) is 4.79 Å². The molecule has 120 valence electrons. The van der Waals surface area contributed by atoms with Gasteiger partial charge in [-0.1, -0.05) is 6.92 Å². The van der Waals surface area contributed by atoms with Gasteiger partial charge in [0.2, 0.25) is 0 Å². The zero-order valence-corrected chi connectivity index (χ0v) is 11.9. The molecule has 0 radical (unpaired) electrons. The minimum absolute atomic E-state index is 0.0537. The molecule has 0 aromatic rings. The van der Waals surface area contributed by atoms with Crippen LogP contribution in [-0.2, 0) is 4.79 Å². The molecule has 0 aliphatic heterocycles. The minimum Gasteiger partial charge on any atom is -0.394 e. The number of hydrogen-bond donors (Lipinski definition) is 6. The van der Waals surface area contributed by atoms with Crippen molar-refractivity contribution in [3.63, 3.8) is 0 Å². The third-order valence-electron chi connectivity index (χ3n) is 3.13. The van der Waals surface area contributed by atoms with E-state index < -0.39 is 31.0 Å². The summed E-state index contributed by atoms with van der Waals surface area (Å²) >= 11 is 0. The van der Waals surface area contributed by atoms with Crippen molar-refractivity contribution in [3.8, 4) is 0 Å². The van der Waals surface area contributed by atoms with Gasteiger partial charge in [0, 0.05) is 19.4 Å². The van der Waals surface area contributed by atoms with Crippen LogP contribution < -0.4 is 5.32 Å². The SMILES string of the molecule is CCC(=O)CCCCNCC(O)C(O)C(O)C(O)CO. The van der Waals surface area contributed by atoms with Gasteiger partial charge in [-0.15, -0.1) is 0 Å². The predicted octanol–water partition coefficient (Wildman–Crippen LogP) is -1.84. The normalized spacial score (nSPS) is 17.5. The van der Waals surface area contributed by atoms with E-state index in [9.17, 15) is 20.1 Å². The lowest BCUT2D eigenvalue weighted by Gasteiger charge is -2.25. The maximum Gasteiger partial charge on any atom is 0.132 e. The maximum absolute atomic E-state index is 11.0. The van der Waals surface area contributed by atoms with Crippen LogP contribution >= 0.6 is 0 Å². The van der Waals surface area contributed by atoms with E-state index in [2.05, 4.69) is 5.32 Å². The summed E-state index contributed by atoms with van der Waals surface area (Å²) in [5.74, 6) is 0.224. The highest BCUT2D eigenvalue weighted by Gasteiger charge is 2.29. The monoisotopic (exact) mass is 293 g/mol. The number of Topliss-reactive ketones (excluding diaryl/α,β-unsaturated/α-hetero) is 1. The Morgan fingerprint density at radius 2 is 1.65 bits per heavy atom. The Morgan fingerprint density at radius 3 is 2.20 bits per heavy atom. The van der Waals surface area contributed by atoms with Gasteiger partial charge < -0.3 is 30.8 Å². The van der Waals surface area contributed by atoms with Crippen molar-refractivity contribution in [1.29, 1.82) is 0 Å². The molecule has 0 aliphatic rings. The number of nitrogens with one attached hydrogen (secondary N) is 1. The summed E-state index contributed by atoms with van der Waals surface area (Å²) in [6.45, 7) is 1.77. The minimum atomic E-state index is -1.60. The van der Waals surface area contributed by atoms with Crippen molar-refractivity contribution in [2.24, 2.45) is 0 Å². The number of unbranched alkanes of at least 4 members (excludes halogenated alkanes) is 1. The van der Waals surface area contributed by atoms with Gasteiger partial charge in [0.15, 0.2) is 0 Å². The van der Waals surface area contributed by atoms with E-state index in [1.807, 2.05) is 6.92 Å². The average molecular weight is 293 g/mol. The molecule has 0 heterocycles. The molecule has 0 fully saturated rings. The molecule has 0 rings (SSSR count). The third-order valence-corrected chi connectivity index (χ3v) is 3.13. The van der Waals surface area contributed by atoms with E-state index in [1.54, 1.807) is 0 Å². The van der Waals surface area contributed by atoms with Gasteiger partial charge >= 0.3 is 0 Å². The first-order valence-electron chi connectivity index (χ1n) is 6.99. The number of carbonyl (C=O) groups excluding carboxylic acids is 1. The number of rotatable bonds is 12. The highest BCUT2D eigenvalue weighted by molar-refractivity contribution is 5.77. The molecular formula is C13H27NO6. The number of aliphatic hydroxyl groups excluding tert-OH is 5. The second-order valence-corrected chi connectivity index (χ2v) is 4.85. The van der Waals surface area contributed by atoms with Crippen molar-refractivity contribution in [3.05, 3.63) is 0 Å². The molecule has 7 heteroatoms. The smallest absolute Gasteiger partial charge is 0.132 e. The van der Waals surface area contributed by atoms with Gasteiger partial charge in [0.05, 0.1) is 12.7 Å². The summed E-state index contributed by atoms with van der Waals surface area (Å²) in [6, 6.07) is 0. The van der Waals surface area contributed by atoms with Crippen LogP contribution in [0.1, 0.15) is 32.6 Å². The summed E-state index contributed by atoms with van der Waals surface area (Å²) in [7, 11) is 0. The highest BCUT2D eigenvalue weighted by Crippen LogP contribution is 2.04. The van der Waals surface area contributed by atoms with Gasteiger partial charge in [-0.2, -0.15) is 0 Å². The summed E-state index contributed by atoms with van der Waals surface area (Å²) in [6.07, 6.45) is -3.23. The van der Waals surface area contributed by atoms with E-state index >= 15 is 0 Å². The number of ketones is 1. The second kappa shape index (κ2) is 11.1. The average Bonchev–Trinajstić information content (AvgIpc) is 2.47. The lowest BCUT2D eigenvalue weighted by molar-refractivity contribution is -0.118. The van der Waals surface area contributed by atoms with Crippen molar-refractivity contribution >= 4 is 5.78 Å². The van der Waals surface area contributed by atoms with Gasteiger partial charge in [0.1, 0.15) is 24.1 Å². The number of carbonyl (C=O) groups is 1. The molecule has 7 nitrogen and oxygen atoms in total. The third kappa shape index (κ3) is 7.88. The van der Waals surface area contributed by atoms with E-state index in [0.29, 0.717) is 19.4 Å². The fraction of sp³-hybridized carbons (Fsp3) is 0.923. The summed E-state index contributed by atoms with van der Waals surface area (Å²) < 4.78 is 0. The van der Waals surface area contributed by atoms with Crippen molar-refractivity contribution in [2.45, 2.75) is 57.0 Å². The van der Waals surface area contributed by atoms with Crippen LogP contribution in [0.4, 0.5) is 0 Å². The molecule has 6 N–H and O–H groups in total. The zero-order chi connectivity index (χ0) is 15.5. The lowest BCUT2D eigenvalue weighted by atomic mass is 10.0. The van der Waals surface area contributed by atoms with Crippen LogP contribution in [0.15, 0.2) is 0 Å². The van der Waals surface area contributed by atoms with Crippen LogP contribution in [0.3, 0.4) is 0 Å². The Labute approximate surface area is 119 Å². The first kappa shape index (κ1) is 19.4. The molecule has 4 unspecified atom stereocenters. The van der Waals surface area contributed by atoms with Gasteiger partial charge in [-0.05, 0) is 19.4 Å². The second-order valence-electron chi connectivity index (χ2n) is 4.85. The van der Waals surface area contributed by atoms with E-state index in [0.717, 1.165) is 12.8 Å². The zero-order valence-electron chi connectivity index (χ0n) is 11.9. The Kier molecular flexibility index (Phi) is 10.8. The molecule has 0 bridgehead atoms. The van der Waals surface area contributed by atoms with E-state index in [1.165, 1.54) is 0 Å². The predicted molar refractivity (Wildman–Crippen MR) is 73.1 cm³/mol. The molecule has 4 atom stereocenters. The fourth-order valence-electron chi connectivity index (χ4n) is 1.68. The van der Waals surface area contributed by atoms with Crippen LogP contribution in [0.2, 0.25) is 0 Å². The largest absolute Gasteiger partial charge is 0.394 e. The number of hydrogen-bond acceptors (Lipinski definition) is 7. The molecule has 0 aromatic carbocycles. The quantitative estimate of drug-likeness (QED) is 0.233. The van der Waals surface area contributed by atoms with Crippen LogP contribution in [-0.4, -0.2) is 75.4 Å². The van der Waals surface area contributed by atoms with Crippen molar-refractivity contribution in [1.82, 2.24) is 5.32 Å². The van der Waals surface area contributed by atoms with E-state index in [4.69, 9.17) is 10.2 Å². The maximum atomic E-state index is 11.0. The topological polar surface area (TPSA) is 130 Å². The Balaban J connectivity index is 3.71. The summed E-state index contributed by atoms with van der Waals surface area (Å²) in [4.78, 5) is 11.0. The molecular weight excluding hydrogens is 266 g/mol. The van der Waals surface area contributed by atoms with Crippen LogP contribution in [0.5, 0.6) is 0 Å². The molecule has 0 amide bonds. The van der Waals surface area contributed by atoms with Crippen LogP contribution in [0.25, 0.3) is 0 Å². The molecule has 0 saturated heterocycles. The highest BCUT2D eigenvalue weighted by atomic mass is 16.4. The van der Waals surface area contributed by atoms with E-state index in [-0.39, 0.29) is 12.3 Å². The number of aliphatic hydroxyl groups is 5. The molecule has 0 spiro atoms. The molecule has 0 aromatic heterocycles. The van der Waals surface area contributed by atoms with Crippen LogP contribution in [0, 0.1) is 0 Å².